The van der Waals surface area contributed by atoms with Gasteiger partial charge in [-0.25, -0.2) is 4.63 Å². The van der Waals surface area contributed by atoms with E-state index in [9.17, 15) is 4.79 Å². The summed E-state index contributed by atoms with van der Waals surface area (Å²) >= 11 is 5.89. The molecule has 1 unspecified atom stereocenters. The van der Waals surface area contributed by atoms with Gasteiger partial charge in [0.05, 0.1) is 0 Å². The molecule has 3 rings (SSSR count). The lowest BCUT2D eigenvalue weighted by Crippen LogP contribution is -2.40. The predicted molar refractivity (Wildman–Crippen MR) is 92.8 cm³/mol. The number of rotatable bonds is 5. The summed E-state index contributed by atoms with van der Waals surface area (Å²) in [5.74, 6) is 0.615. The standard InChI is InChI=1S/C18H17ClN2O4/c1-18(2,3)16(22)17(23-12-9-7-11(19)8-10-12)24-14-6-4-5-13-15(14)21-25-20-13/h4-10,17H,1-3H3. The molecule has 0 N–H and O–H groups in total. The predicted octanol–water partition coefficient (Wildman–Crippen LogP) is 4.28. The van der Waals surface area contributed by atoms with E-state index in [-0.39, 0.29) is 5.78 Å². The van der Waals surface area contributed by atoms with Crippen molar-refractivity contribution < 1.29 is 18.9 Å². The van der Waals surface area contributed by atoms with Gasteiger partial charge >= 0.3 is 6.29 Å². The van der Waals surface area contributed by atoms with Crippen molar-refractivity contribution in [3.8, 4) is 11.5 Å². The van der Waals surface area contributed by atoms with Gasteiger partial charge in [-0.1, -0.05) is 38.4 Å². The van der Waals surface area contributed by atoms with Gasteiger partial charge in [0.2, 0.25) is 5.78 Å². The number of carbonyl (C=O) groups excluding carboxylic acids is 1. The molecule has 2 aromatic carbocycles. The number of benzene rings is 2. The second-order valence-corrected chi connectivity index (χ2v) is 6.96. The summed E-state index contributed by atoms with van der Waals surface area (Å²) in [6.45, 7) is 5.40. The highest BCUT2D eigenvalue weighted by molar-refractivity contribution is 6.30. The molecule has 0 spiro atoms. The van der Waals surface area contributed by atoms with Crippen LogP contribution in [0.5, 0.6) is 11.5 Å². The van der Waals surface area contributed by atoms with Crippen molar-refractivity contribution in [2.45, 2.75) is 27.1 Å². The maximum atomic E-state index is 12.8. The molecule has 0 bridgehead atoms. The molecule has 0 radical (unpaired) electrons. The molecule has 1 heterocycles. The number of aromatic nitrogens is 2. The maximum Gasteiger partial charge on any atom is 0.301 e. The quantitative estimate of drug-likeness (QED) is 0.632. The fourth-order valence-electron chi connectivity index (χ4n) is 2.11. The lowest BCUT2D eigenvalue weighted by molar-refractivity contribution is -0.146. The van der Waals surface area contributed by atoms with Crippen molar-refractivity contribution in [3.63, 3.8) is 0 Å². The number of Topliss-reactive ketones (excluding diaryl/α,β-unsaturated/α-hetero) is 1. The molecule has 0 saturated carbocycles. The van der Waals surface area contributed by atoms with E-state index in [0.717, 1.165) is 0 Å². The topological polar surface area (TPSA) is 74.5 Å². The maximum absolute atomic E-state index is 12.8. The molecule has 0 fully saturated rings. The molecule has 0 aliphatic rings. The Hall–Kier alpha value is -2.60. The molecule has 130 valence electrons. The molecule has 0 aliphatic carbocycles. The van der Waals surface area contributed by atoms with Crippen molar-refractivity contribution in [1.82, 2.24) is 10.3 Å². The van der Waals surface area contributed by atoms with Gasteiger partial charge in [-0.15, -0.1) is 0 Å². The molecule has 7 heteroatoms. The van der Waals surface area contributed by atoms with E-state index in [4.69, 9.17) is 25.7 Å². The van der Waals surface area contributed by atoms with Crippen LogP contribution in [0.15, 0.2) is 47.1 Å². The van der Waals surface area contributed by atoms with Crippen LogP contribution in [0.25, 0.3) is 11.0 Å². The molecule has 6 nitrogen and oxygen atoms in total. The van der Waals surface area contributed by atoms with Crippen LogP contribution in [-0.2, 0) is 4.79 Å². The van der Waals surface area contributed by atoms with Gasteiger partial charge in [0.15, 0.2) is 11.3 Å². The number of halogens is 1. The number of ether oxygens (including phenoxy) is 2. The SMILES string of the molecule is CC(C)(C)C(=O)C(Oc1ccc(Cl)cc1)Oc1cccc2nonc12. The molecule has 1 atom stereocenters. The Balaban J connectivity index is 1.92. The lowest BCUT2D eigenvalue weighted by atomic mass is 9.90. The summed E-state index contributed by atoms with van der Waals surface area (Å²) in [6.07, 6.45) is -1.15. The second-order valence-electron chi connectivity index (χ2n) is 6.52. The van der Waals surface area contributed by atoms with Crippen LogP contribution in [-0.4, -0.2) is 22.4 Å². The Morgan fingerprint density at radius 3 is 2.48 bits per heavy atom. The number of hydrogen-bond acceptors (Lipinski definition) is 6. The van der Waals surface area contributed by atoms with E-state index in [1.807, 2.05) is 0 Å². The average Bonchev–Trinajstić information content (AvgIpc) is 3.04. The highest BCUT2D eigenvalue weighted by atomic mass is 35.5. The van der Waals surface area contributed by atoms with Crippen LogP contribution in [0.3, 0.4) is 0 Å². The number of carbonyl (C=O) groups is 1. The van der Waals surface area contributed by atoms with Crippen molar-refractivity contribution in [3.05, 3.63) is 47.5 Å². The average molecular weight is 361 g/mol. The number of ketones is 1. The highest BCUT2D eigenvalue weighted by Crippen LogP contribution is 2.27. The normalized spacial score (nSPS) is 12.8. The van der Waals surface area contributed by atoms with Gasteiger partial charge in [0.1, 0.15) is 11.3 Å². The third kappa shape index (κ3) is 3.91. The van der Waals surface area contributed by atoms with Crippen LogP contribution < -0.4 is 9.47 Å². The first-order chi connectivity index (χ1) is 11.8. The largest absolute Gasteiger partial charge is 0.448 e. The van der Waals surface area contributed by atoms with Crippen molar-refractivity contribution in [1.29, 1.82) is 0 Å². The van der Waals surface area contributed by atoms with Crippen LogP contribution >= 0.6 is 11.6 Å². The van der Waals surface area contributed by atoms with Gasteiger partial charge in [-0.05, 0) is 46.7 Å². The Labute approximate surface area is 149 Å². The first-order valence-electron chi connectivity index (χ1n) is 7.69. The zero-order valence-electron chi connectivity index (χ0n) is 14.0. The Morgan fingerprint density at radius 1 is 1.08 bits per heavy atom. The fraction of sp³-hybridized carbons (Fsp3) is 0.278. The third-order valence-corrected chi connectivity index (χ3v) is 3.75. The number of hydrogen-bond donors (Lipinski definition) is 0. The molecule has 1 aromatic heterocycles. The van der Waals surface area contributed by atoms with Crippen LogP contribution in [0.2, 0.25) is 5.02 Å². The fourth-order valence-corrected chi connectivity index (χ4v) is 2.24. The second kappa shape index (κ2) is 6.72. The summed E-state index contributed by atoms with van der Waals surface area (Å²) in [6, 6.07) is 11.9. The minimum Gasteiger partial charge on any atom is -0.448 e. The molecular weight excluding hydrogens is 344 g/mol. The Morgan fingerprint density at radius 2 is 1.80 bits per heavy atom. The Bertz CT molecular complexity index is 884. The lowest BCUT2D eigenvalue weighted by Gasteiger charge is -2.25. The van der Waals surface area contributed by atoms with Gasteiger partial charge < -0.3 is 9.47 Å². The monoisotopic (exact) mass is 360 g/mol. The highest BCUT2D eigenvalue weighted by Gasteiger charge is 2.33. The first-order valence-corrected chi connectivity index (χ1v) is 8.07. The van der Waals surface area contributed by atoms with E-state index >= 15 is 0 Å². The molecule has 25 heavy (non-hydrogen) atoms. The van der Waals surface area contributed by atoms with E-state index in [2.05, 4.69) is 10.3 Å². The minimum absolute atomic E-state index is 0.212. The molecular formula is C18H17ClN2O4. The van der Waals surface area contributed by atoms with Gasteiger partial charge in [0.25, 0.3) is 0 Å². The molecule has 0 saturated heterocycles. The Kier molecular flexibility index (Phi) is 4.63. The van der Waals surface area contributed by atoms with Gasteiger partial charge in [-0.2, -0.15) is 0 Å². The van der Waals surface area contributed by atoms with Gasteiger partial charge in [-0.3, -0.25) is 4.79 Å². The summed E-state index contributed by atoms with van der Waals surface area (Å²) in [7, 11) is 0. The van der Waals surface area contributed by atoms with E-state index in [1.54, 1.807) is 63.2 Å². The third-order valence-electron chi connectivity index (χ3n) is 3.49. The van der Waals surface area contributed by atoms with Crippen molar-refractivity contribution >= 4 is 28.4 Å². The molecule has 3 aromatic rings. The summed E-state index contributed by atoms with van der Waals surface area (Å²) in [5.41, 5.74) is 0.299. The summed E-state index contributed by atoms with van der Waals surface area (Å²) in [4.78, 5) is 12.8. The minimum atomic E-state index is -1.15. The zero-order chi connectivity index (χ0) is 18.0. The van der Waals surface area contributed by atoms with E-state index < -0.39 is 11.7 Å². The van der Waals surface area contributed by atoms with Crippen molar-refractivity contribution in [2.75, 3.05) is 0 Å². The van der Waals surface area contributed by atoms with E-state index in [0.29, 0.717) is 27.6 Å². The van der Waals surface area contributed by atoms with Crippen LogP contribution in [0.4, 0.5) is 0 Å². The summed E-state index contributed by atoms with van der Waals surface area (Å²) < 4.78 is 16.3. The smallest absolute Gasteiger partial charge is 0.301 e. The number of nitrogens with zero attached hydrogens (tertiary/aromatic N) is 2. The molecule has 0 amide bonds. The van der Waals surface area contributed by atoms with Crippen molar-refractivity contribution in [2.24, 2.45) is 5.41 Å². The van der Waals surface area contributed by atoms with E-state index in [1.165, 1.54) is 0 Å². The van der Waals surface area contributed by atoms with Crippen LogP contribution in [0, 0.1) is 5.41 Å². The first kappa shape index (κ1) is 17.2. The summed E-state index contributed by atoms with van der Waals surface area (Å²) in [5, 5.41) is 8.16. The number of fused-ring (bicyclic) bond motifs is 1. The van der Waals surface area contributed by atoms with Gasteiger partial charge in [0, 0.05) is 10.4 Å². The van der Waals surface area contributed by atoms with Crippen LogP contribution in [0.1, 0.15) is 20.8 Å². The zero-order valence-corrected chi connectivity index (χ0v) is 14.8. The molecule has 0 aliphatic heterocycles.